The lowest BCUT2D eigenvalue weighted by Crippen LogP contribution is -2.16. The quantitative estimate of drug-likeness (QED) is 0.698. The predicted octanol–water partition coefficient (Wildman–Crippen LogP) is 5.25. The summed E-state index contributed by atoms with van der Waals surface area (Å²) in [5, 5.41) is 2.81. The van der Waals surface area contributed by atoms with Crippen molar-refractivity contribution in [1.29, 1.82) is 0 Å². The van der Waals surface area contributed by atoms with Gasteiger partial charge in [0.2, 0.25) is 0 Å². The van der Waals surface area contributed by atoms with Crippen LogP contribution < -0.4 is 19.5 Å². The fourth-order valence-electron chi connectivity index (χ4n) is 2.58. The Hall–Kier alpha value is -2.83. The lowest BCUT2D eigenvalue weighted by atomic mass is 9.87. The summed E-state index contributed by atoms with van der Waals surface area (Å²) >= 11 is 0. The van der Waals surface area contributed by atoms with E-state index in [2.05, 4.69) is 30.8 Å². The molecule has 28 heavy (non-hydrogen) atoms. The Balaban J connectivity index is 2.33. The molecule has 152 valence electrons. The van der Waals surface area contributed by atoms with Crippen LogP contribution in [0.2, 0.25) is 0 Å². The van der Waals surface area contributed by atoms with Crippen molar-refractivity contribution in [2.75, 3.05) is 19.0 Å². The number of anilines is 1. The highest BCUT2D eigenvalue weighted by atomic mass is 19.3. The zero-order chi connectivity index (χ0) is 20.9. The first-order chi connectivity index (χ1) is 13.2. The molecule has 0 spiro atoms. The van der Waals surface area contributed by atoms with E-state index in [9.17, 15) is 13.6 Å². The summed E-state index contributed by atoms with van der Waals surface area (Å²) in [7, 11) is 1.52. The number of rotatable bonds is 7. The molecule has 1 N–H and O–H groups in total. The minimum Gasteiger partial charge on any atom is -0.495 e. The SMILES string of the molecule is CCOc1cc(C(=O)Nc2cc(C(C)(C)C)ccc2OC)ccc1OC(F)F. The van der Waals surface area contributed by atoms with Gasteiger partial charge in [0.15, 0.2) is 11.5 Å². The summed E-state index contributed by atoms with van der Waals surface area (Å²) in [4.78, 5) is 12.7. The molecule has 5 nitrogen and oxygen atoms in total. The summed E-state index contributed by atoms with van der Waals surface area (Å²) in [6, 6.07) is 9.65. The molecule has 0 saturated heterocycles. The maximum Gasteiger partial charge on any atom is 0.387 e. The molecule has 0 fully saturated rings. The first-order valence-corrected chi connectivity index (χ1v) is 8.87. The van der Waals surface area contributed by atoms with Crippen molar-refractivity contribution in [3.8, 4) is 17.2 Å². The van der Waals surface area contributed by atoms with Crippen LogP contribution in [-0.2, 0) is 5.41 Å². The molecular formula is C21H25F2NO4. The standard InChI is InChI=1S/C21H25F2NO4/c1-6-27-18-11-13(7-9-17(18)28-20(22)23)19(25)24-15-12-14(21(2,3)4)8-10-16(15)26-5/h7-12,20H,6H2,1-5H3,(H,24,25). The van der Waals surface area contributed by atoms with E-state index in [0.29, 0.717) is 11.4 Å². The van der Waals surface area contributed by atoms with Gasteiger partial charge in [-0.1, -0.05) is 26.8 Å². The molecule has 0 aromatic heterocycles. The van der Waals surface area contributed by atoms with E-state index in [1.165, 1.54) is 25.3 Å². The molecule has 1 amide bonds. The van der Waals surface area contributed by atoms with Crippen molar-refractivity contribution in [1.82, 2.24) is 0 Å². The van der Waals surface area contributed by atoms with Gasteiger partial charge in [0.1, 0.15) is 5.75 Å². The molecule has 0 aliphatic rings. The number of halogens is 2. The van der Waals surface area contributed by atoms with Crippen molar-refractivity contribution in [2.45, 2.75) is 39.7 Å². The second-order valence-electron chi connectivity index (χ2n) is 7.09. The molecule has 2 rings (SSSR count). The van der Waals surface area contributed by atoms with Crippen molar-refractivity contribution < 1.29 is 27.8 Å². The Morgan fingerprint density at radius 3 is 2.32 bits per heavy atom. The highest BCUT2D eigenvalue weighted by Gasteiger charge is 2.19. The topological polar surface area (TPSA) is 56.8 Å². The van der Waals surface area contributed by atoms with Crippen LogP contribution in [0.15, 0.2) is 36.4 Å². The maximum atomic E-state index is 12.7. The van der Waals surface area contributed by atoms with Gasteiger partial charge in [0.25, 0.3) is 5.91 Å². The Bertz CT molecular complexity index is 832. The molecule has 7 heteroatoms. The summed E-state index contributed by atoms with van der Waals surface area (Å²) in [6.45, 7) is 5.17. The van der Waals surface area contributed by atoms with Gasteiger partial charge in [-0.15, -0.1) is 0 Å². The van der Waals surface area contributed by atoms with E-state index in [1.54, 1.807) is 13.0 Å². The number of nitrogens with one attached hydrogen (secondary N) is 1. The minimum absolute atomic E-state index is 0.0749. The van der Waals surface area contributed by atoms with E-state index in [0.717, 1.165) is 5.56 Å². The largest absolute Gasteiger partial charge is 0.495 e. The fourth-order valence-corrected chi connectivity index (χ4v) is 2.58. The Morgan fingerprint density at radius 2 is 1.75 bits per heavy atom. The molecule has 0 atom stereocenters. The summed E-state index contributed by atoms with van der Waals surface area (Å²) < 4.78 is 40.2. The van der Waals surface area contributed by atoms with E-state index >= 15 is 0 Å². The second-order valence-corrected chi connectivity index (χ2v) is 7.09. The van der Waals surface area contributed by atoms with Gasteiger partial charge in [-0.2, -0.15) is 8.78 Å². The summed E-state index contributed by atoms with van der Waals surface area (Å²) in [6.07, 6.45) is 0. The van der Waals surface area contributed by atoms with Gasteiger partial charge < -0.3 is 19.5 Å². The summed E-state index contributed by atoms with van der Waals surface area (Å²) in [5.41, 5.74) is 1.68. The second kappa shape index (κ2) is 8.91. The van der Waals surface area contributed by atoms with Crippen LogP contribution in [0.1, 0.15) is 43.6 Å². The van der Waals surface area contributed by atoms with Crippen LogP contribution >= 0.6 is 0 Å². The molecular weight excluding hydrogens is 368 g/mol. The third kappa shape index (κ3) is 5.34. The molecule has 0 bridgehead atoms. The number of methoxy groups -OCH3 is 1. The maximum absolute atomic E-state index is 12.7. The zero-order valence-electron chi connectivity index (χ0n) is 16.6. The first-order valence-electron chi connectivity index (χ1n) is 8.87. The highest BCUT2D eigenvalue weighted by molar-refractivity contribution is 6.05. The van der Waals surface area contributed by atoms with Crippen LogP contribution in [0.4, 0.5) is 14.5 Å². The van der Waals surface area contributed by atoms with Crippen molar-refractivity contribution >= 4 is 11.6 Å². The van der Waals surface area contributed by atoms with Gasteiger partial charge in [0.05, 0.1) is 19.4 Å². The lowest BCUT2D eigenvalue weighted by molar-refractivity contribution is -0.0514. The van der Waals surface area contributed by atoms with Gasteiger partial charge in [0, 0.05) is 5.56 Å². The van der Waals surface area contributed by atoms with Gasteiger partial charge in [-0.05, 0) is 48.2 Å². The summed E-state index contributed by atoms with van der Waals surface area (Å²) in [5.74, 6) is 0.0458. The Morgan fingerprint density at radius 1 is 1.07 bits per heavy atom. The molecule has 0 aliphatic carbocycles. The van der Waals surface area contributed by atoms with Crippen LogP contribution in [0.3, 0.4) is 0 Å². The van der Waals surface area contributed by atoms with Crippen LogP contribution in [0.25, 0.3) is 0 Å². The average Bonchev–Trinajstić information content (AvgIpc) is 2.62. The van der Waals surface area contributed by atoms with Crippen molar-refractivity contribution in [3.05, 3.63) is 47.5 Å². The van der Waals surface area contributed by atoms with Crippen LogP contribution in [0.5, 0.6) is 17.2 Å². The van der Waals surface area contributed by atoms with Crippen molar-refractivity contribution in [3.63, 3.8) is 0 Å². The third-order valence-electron chi connectivity index (χ3n) is 4.04. The number of ether oxygens (including phenoxy) is 3. The number of benzene rings is 2. The highest BCUT2D eigenvalue weighted by Crippen LogP contribution is 2.33. The third-order valence-corrected chi connectivity index (χ3v) is 4.04. The zero-order valence-corrected chi connectivity index (χ0v) is 16.6. The van der Waals surface area contributed by atoms with Gasteiger partial charge >= 0.3 is 6.61 Å². The number of carbonyl (C=O) groups is 1. The molecule has 2 aromatic carbocycles. The number of amides is 1. The van der Waals surface area contributed by atoms with Crippen LogP contribution in [-0.4, -0.2) is 26.2 Å². The van der Waals surface area contributed by atoms with Crippen molar-refractivity contribution in [2.24, 2.45) is 0 Å². The number of hydrogen-bond donors (Lipinski definition) is 1. The molecule has 0 saturated carbocycles. The lowest BCUT2D eigenvalue weighted by Gasteiger charge is -2.21. The average molecular weight is 393 g/mol. The van der Waals surface area contributed by atoms with E-state index in [-0.39, 0.29) is 29.1 Å². The Labute approximate surface area is 163 Å². The van der Waals surface area contributed by atoms with Gasteiger partial charge in [-0.3, -0.25) is 4.79 Å². The molecule has 0 aliphatic heterocycles. The molecule has 0 unspecified atom stereocenters. The monoisotopic (exact) mass is 393 g/mol. The minimum atomic E-state index is -2.98. The Kier molecular flexibility index (Phi) is 6.83. The molecule has 0 heterocycles. The van der Waals surface area contributed by atoms with E-state index in [1.807, 2.05) is 12.1 Å². The van der Waals surface area contributed by atoms with E-state index in [4.69, 9.17) is 9.47 Å². The number of alkyl halides is 2. The van der Waals surface area contributed by atoms with E-state index < -0.39 is 12.5 Å². The predicted molar refractivity (Wildman–Crippen MR) is 104 cm³/mol. The van der Waals surface area contributed by atoms with Gasteiger partial charge in [-0.25, -0.2) is 0 Å². The fraction of sp³-hybridized carbons (Fsp3) is 0.381. The number of carbonyl (C=O) groups excluding carboxylic acids is 1. The van der Waals surface area contributed by atoms with Crippen LogP contribution in [0, 0.1) is 0 Å². The number of hydrogen-bond acceptors (Lipinski definition) is 4. The molecule has 0 radical (unpaired) electrons. The normalized spacial score (nSPS) is 11.3. The molecule has 2 aromatic rings. The smallest absolute Gasteiger partial charge is 0.387 e. The first kappa shape index (κ1) is 21.5.